The molecule has 2 N–H and O–H groups in total. The highest BCUT2D eigenvalue weighted by Gasteiger charge is 1.98. The Kier molecular flexibility index (Phi) is 3.38. The van der Waals surface area contributed by atoms with Crippen molar-refractivity contribution in [3.8, 4) is 0 Å². The number of hydrogen-bond donors (Lipinski definition) is 1. The van der Waals surface area contributed by atoms with Crippen molar-refractivity contribution < 1.29 is 0 Å². The molecule has 2 rings (SSSR count). The first-order chi connectivity index (χ1) is 8.56. The molecule has 0 spiro atoms. The number of fused-ring (bicyclic) bond motifs is 1. The van der Waals surface area contributed by atoms with Crippen LogP contribution in [0.2, 0.25) is 0 Å². The Morgan fingerprint density at radius 3 is 2.78 bits per heavy atom. The summed E-state index contributed by atoms with van der Waals surface area (Å²) in [5.41, 5.74) is 9.94. The van der Waals surface area contributed by atoms with E-state index in [2.05, 4.69) is 36.3 Å². The summed E-state index contributed by atoms with van der Waals surface area (Å²) in [4.78, 5) is 0. The molecule has 2 aromatic rings. The van der Waals surface area contributed by atoms with Gasteiger partial charge < -0.3 is 10.3 Å². The van der Waals surface area contributed by atoms with Gasteiger partial charge in [0.1, 0.15) is 0 Å². The van der Waals surface area contributed by atoms with Gasteiger partial charge >= 0.3 is 0 Å². The van der Waals surface area contributed by atoms with E-state index >= 15 is 0 Å². The van der Waals surface area contributed by atoms with Crippen molar-refractivity contribution >= 4 is 22.8 Å². The average molecular weight is 238 g/mol. The van der Waals surface area contributed by atoms with E-state index in [4.69, 9.17) is 5.73 Å². The van der Waals surface area contributed by atoms with Crippen LogP contribution in [0.1, 0.15) is 13.8 Å². The van der Waals surface area contributed by atoms with Gasteiger partial charge in [-0.15, -0.1) is 0 Å². The molecule has 0 saturated carbocycles. The molecule has 0 aliphatic rings. The van der Waals surface area contributed by atoms with Crippen LogP contribution in [-0.4, -0.2) is 4.57 Å². The van der Waals surface area contributed by atoms with Crippen molar-refractivity contribution in [1.82, 2.24) is 4.57 Å². The maximum Gasteiger partial charge on any atom is 0.0542 e. The number of nitrogen functional groups attached to an aromatic ring is 1. The van der Waals surface area contributed by atoms with E-state index in [0.29, 0.717) is 0 Å². The van der Waals surface area contributed by atoms with Crippen molar-refractivity contribution in [2.45, 2.75) is 13.8 Å². The lowest BCUT2D eigenvalue weighted by atomic mass is 10.2. The lowest BCUT2D eigenvalue weighted by Gasteiger charge is -2.00. The first-order valence-corrected chi connectivity index (χ1v) is 5.94. The van der Waals surface area contributed by atoms with E-state index in [1.54, 1.807) is 0 Å². The second-order valence-corrected chi connectivity index (χ2v) is 4.59. The van der Waals surface area contributed by atoms with E-state index < -0.39 is 0 Å². The predicted molar refractivity (Wildman–Crippen MR) is 80.3 cm³/mol. The number of anilines is 1. The molecule has 2 nitrogen and oxygen atoms in total. The number of hydrogen-bond acceptors (Lipinski definition) is 1. The van der Waals surface area contributed by atoms with Gasteiger partial charge in [-0.25, -0.2) is 0 Å². The topological polar surface area (TPSA) is 30.9 Å². The van der Waals surface area contributed by atoms with Gasteiger partial charge in [0.15, 0.2) is 0 Å². The molecular weight excluding hydrogens is 220 g/mol. The smallest absolute Gasteiger partial charge is 0.0542 e. The fourth-order valence-corrected chi connectivity index (χ4v) is 1.93. The molecule has 92 valence electrons. The lowest BCUT2D eigenvalue weighted by molar-refractivity contribution is 1.22. The Hall–Kier alpha value is -2.22. The minimum atomic E-state index is 0.782. The van der Waals surface area contributed by atoms with Gasteiger partial charge in [-0.3, -0.25) is 0 Å². The summed E-state index contributed by atoms with van der Waals surface area (Å²) < 4.78 is 2.07. The number of allylic oxidation sites excluding steroid dienone is 4. The van der Waals surface area contributed by atoms with Gasteiger partial charge in [-0.1, -0.05) is 24.3 Å². The number of rotatable bonds is 3. The SMILES string of the molecule is C=C(C)/C=C(C)\C=C\n1ccc2ccc(N)cc21. The summed E-state index contributed by atoms with van der Waals surface area (Å²) in [6.45, 7) is 7.92. The molecule has 2 heteroatoms. The molecule has 0 aliphatic carbocycles. The zero-order valence-corrected chi connectivity index (χ0v) is 10.9. The van der Waals surface area contributed by atoms with Crippen molar-refractivity contribution in [3.63, 3.8) is 0 Å². The van der Waals surface area contributed by atoms with Gasteiger partial charge in [0.05, 0.1) is 5.52 Å². The Morgan fingerprint density at radius 2 is 2.06 bits per heavy atom. The van der Waals surface area contributed by atoms with E-state index in [1.165, 1.54) is 11.0 Å². The second-order valence-electron chi connectivity index (χ2n) is 4.59. The van der Waals surface area contributed by atoms with Crippen molar-refractivity contribution in [2.24, 2.45) is 0 Å². The maximum atomic E-state index is 5.81. The minimum Gasteiger partial charge on any atom is -0.399 e. The standard InChI is InChI=1S/C16H18N2/c1-12(2)10-13(3)6-8-18-9-7-14-4-5-15(17)11-16(14)18/h4-11H,1,17H2,2-3H3/b8-6+,13-10-. The lowest BCUT2D eigenvalue weighted by Crippen LogP contribution is -1.87. The summed E-state index contributed by atoms with van der Waals surface area (Å²) in [6, 6.07) is 8.02. The normalized spacial score (nSPS) is 12.4. The maximum absolute atomic E-state index is 5.81. The molecule has 1 aromatic heterocycles. The summed E-state index contributed by atoms with van der Waals surface area (Å²) in [5, 5.41) is 1.19. The van der Waals surface area contributed by atoms with Gasteiger partial charge in [-0.2, -0.15) is 0 Å². The molecule has 0 saturated heterocycles. The average Bonchev–Trinajstić information content (AvgIpc) is 2.68. The molecule has 0 bridgehead atoms. The third kappa shape index (κ3) is 2.72. The minimum absolute atomic E-state index is 0.782. The Labute approximate surface area is 108 Å². The predicted octanol–water partition coefficient (Wildman–Crippen LogP) is 4.22. The molecular formula is C16H18N2. The molecule has 0 aliphatic heterocycles. The van der Waals surface area contributed by atoms with Crippen molar-refractivity contribution in [2.75, 3.05) is 5.73 Å². The third-order valence-corrected chi connectivity index (χ3v) is 2.72. The van der Waals surface area contributed by atoms with Gasteiger partial charge in [0.25, 0.3) is 0 Å². The highest BCUT2D eigenvalue weighted by molar-refractivity contribution is 5.84. The molecule has 0 radical (unpaired) electrons. The van der Waals surface area contributed by atoms with Crippen LogP contribution in [0.3, 0.4) is 0 Å². The third-order valence-electron chi connectivity index (χ3n) is 2.72. The number of nitrogens with two attached hydrogens (primary N) is 1. The van der Waals surface area contributed by atoms with E-state index in [0.717, 1.165) is 16.8 Å². The van der Waals surface area contributed by atoms with E-state index in [-0.39, 0.29) is 0 Å². The van der Waals surface area contributed by atoms with E-state index in [1.807, 2.05) is 37.5 Å². The summed E-state index contributed by atoms with van der Waals surface area (Å²) in [6.07, 6.45) is 8.19. The quantitative estimate of drug-likeness (QED) is 0.630. The first-order valence-electron chi connectivity index (χ1n) is 5.94. The molecule has 1 aromatic carbocycles. The largest absolute Gasteiger partial charge is 0.399 e. The van der Waals surface area contributed by atoms with E-state index in [9.17, 15) is 0 Å². The van der Waals surface area contributed by atoms with Crippen LogP contribution in [0.4, 0.5) is 5.69 Å². The monoisotopic (exact) mass is 238 g/mol. The Balaban J connectivity index is 2.35. The number of benzene rings is 1. The van der Waals surface area contributed by atoms with Gasteiger partial charge in [-0.05, 0) is 43.7 Å². The van der Waals surface area contributed by atoms with Gasteiger partial charge in [0.2, 0.25) is 0 Å². The Bertz CT molecular complexity index is 642. The second kappa shape index (κ2) is 4.96. The van der Waals surface area contributed by atoms with Crippen LogP contribution in [-0.2, 0) is 0 Å². The summed E-state index contributed by atoms with van der Waals surface area (Å²) in [7, 11) is 0. The van der Waals surface area contributed by atoms with Crippen LogP contribution < -0.4 is 5.73 Å². The molecule has 0 fully saturated rings. The van der Waals surface area contributed by atoms with Crippen LogP contribution in [0.15, 0.2) is 60.3 Å². The van der Waals surface area contributed by atoms with Crippen LogP contribution in [0.5, 0.6) is 0 Å². The fourth-order valence-electron chi connectivity index (χ4n) is 1.93. The zero-order chi connectivity index (χ0) is 13.1. The van der Waals surface area contributed by atoms with Crippen LogP contribution in [0, 0.1) is 0 Å². The zero-order valence-electron chi connectivity index (χ0n) is 10.9. The molecule has 18 heavy (non-hydrogen) atoms. The van der Waals surface area contributed by atoms with Crippen molar-refractivity contribution in [3.05, 3.63) is 60.3 Å². The van der Waals surface area contributed by atoms with Crippen molar-refractivity contribution in [1.29, 1.82) is 0 Å². The number of nitrogens with zero attached hydrogens (tertiary/aromatic N) is 1. The molecule has 0 atom stereocenters. The fraction of sp³-hybridized carbons (Fsp3) is 0.125. The highest BCUT2D eigenvalue weighted by atomic mass is 14.9. The molecule has 0 amide bonds. The summed E-state index contributed by atoms with van der Waals surface area (Å²) >= 11 is 0. The van der Waals surface area contributed by atoms with Crippen LogP contribution in [0.25, 0.3) is 17.1 Å². The molecule has 1 heterocycles. The van der Waals surface area contributed by atoms with Gasteiger partial charge in [0, 0.05) is 23.5 Å². The molecule has 0 unspecified atom stereocenters. The number of aromatic nitrogens is 1. The van der Waals surface area contributed by atoms with Crippen LogP contribution >= 0.6 is 0 Å². The summed E-state index contributed by atoms with van der Waals surface area (Å²) in [5.74, 6) is 0. The first kappa shape index (κ1) is 12.2. The Morgan fingerprint density at radius 1 is 1.28 bits per heavy atom. The highest BCUT2D eigenvalue weighted by Crippen LogP contribution is 2.19.